The first kappa shape index (κ1) is 22.3. The highest BCUT2D eigenvalue weighted by molar-refractivity contribution is 7.89. The van der Waals surface area contributed by atoms with E-state index in [9.17, 15) is 30.8 Å². The molecule has 0 atom stereocenters. The Labute approximate surface area is 169 Å². The number of piperidine rings is 1. The molecule has 1 aromatic carbocycles. The van der Waals surface area contributed by atoms with Gasteiger partial charge in [0, 0.05) is 20.1 Å². The van der Waals surface area contributed by atoms with Crippen LogP contribution in [0.3, 0.4) is 0 Å². The Morgan fingerprint density at radius 1 is 1.23 bits per heavy atom. The van der Waals surface area contributed by atoms with Crippen LogP contribution in [0.5, 0.6) is 5.75 Å². The summed E-state index contributed by atoms with van der Waals surface area (Å²) < 4.78 is 85.9. The van der Waals surface area contributed by atoms with Crippen LogP contribution in [0.15, 0.2) is 27.9 Å². The quantitative estimate of drug-likeness (QED) is 0.649. The first-order valence-electron chi connectivity index (χ1n) is 9.12. The topological polar surface area (TPSA) is 86.4 Å². The lowest BCUT2D eigenvalue weighted by Gasteiger charge is -2.30. The normalized spacial score (nSPS) is 16.7. The van der Waals surface area contributed by atoms with Gasteiger partial charge in [-0.05, 0) is 38.0 Å². The van der Waals surface area contributed by atoms with Crippen LogP contribution in [0.1, 0.15) is 31.6 Å². The second kappa shape index (κ2) is 8.02. The van der Waals surface area contributed by atoms with Gasteiger partial charge in [0.05, 0.1) is 17.5 Å². The average molecular weight is 452 g/mol. The molecule has 0 saturated carbocycles. The van der Waals surface area contributed by atoms with E-state index in [2.05, 4.69) is 5.10 Å². The molecule has 1 aliphatic rings. The maximum absolute atomic E-state index is 14.1. The molecule has 3 rings (SSSR count). The van der Waals surface area contributed by atoms with Gasteiger partial charge in [-0.15, -0.1) is 5.10 Å². The zero-order valence-electron chi connectivity index (χ0n) is 16.2. The van der Waals surface area contributed by atoms with Crippen LogP contribution in [0.4, 0.5) is 17.6 Å². The van der Waals surface area contributed by atoms with E-state index < -0.39 is 39.6 Å². The third-order valence-corrected chi connectivity index (χ3v) is 6.76. The fourth-order valence-electron chi connectivity index (χ4n) is 3.33. The standard InChI is InChI=1S/C17H20F4N4O4S/c1-3-29-14-5-4-12(10-13(14)18)30(27,28)24-8-6-11(7-9-24)25-16(26)23(2)15(22-25)17(19,20)21/h4-5,10-11H,3,6-9H2,1-2H3. The van der Waals surface area contributed by atoms with Gasteiger partial charge in [0.25, 0.3) is 0 Å². The van der Waals surface area contributed by atoms with Gasteiger partial charge in [-0.3, -0.25) is 4.57 Å². The lowest BCUT2D eigenvalue weighted by Crippen LogP contribution is -2.41. The minimum absolute atomic E-state index is 0.0494. The van der Waals surface area contributed by atoms with Crippen LogP contribution in [0.2, 0.25) is 0 Å². The Hall–Kier alpha value is -2.41. The second-order valence-corrected chi connectivity index (χ2v) is 8.71. The molecule has 0 amide bonds. The van der Waals surface area contributed by atoms with Gasteiger partial charge in [-0.25, -0.2) is 22.3 Å². The van der Waals surface area contributed by atoms with E-state index in [1.54, 1.807) is 6.92 Å². The number of rotatable bonds is 5. The lowest BCUT2D eigenvalue weighted by molar-refractivity contribution is -0.147. The summed E-state index contributed by atoms with van der Waals surface area (Å²) in [5, 5.41) is 3.40. The molecule has 0 spiro atoms. The largest absolute Gasteiger partial charge is 0.491 e. The number of ether oxygens (including phenoxy) is 1. The molecule has 1 aromatic heterocycles. The molecule has 2 aromatic rings. The molecular weight excluding hydrogens is 432 g/mol. The highest BCUT2D eigenvalue weighted by Gasteiger charge is 2.39. The molecule has 8 nitrogen and oxygen atoms in total. The van der Waals surface area contributed by atoms with Crippen molar-refractivity contribution in [3.8, 4) is 5.75 Å². The number of alkyl halides is 3. The minimum atomic E-state index is -4.78. The SMILES string of the molecule is CCOc1ccc(S(=O)(=O)N2CCC(n3nc(C(F)(F)F)n(C)c3=O)CC2)cc1F. The van der Waals surface area contributed by atoms with Gasteiger partial charge in [0.15, 0.2) is 11.6 Å². The zero-order valence-corrected chi connectivity index (χ0v) is 17.0. The van der Waals surface area contributed by atoms with Gasteiger partial charge in [-0.1, -0.05) is 0 Å². The summed E-state index contributed by atoms with van der Waals surface area (Å²) in [6.07, 6.45) is -4.60. The van der Waals surface area contributed by atoms with E-state index in [0.717, 1.165) is 22.1 Å². The summed E-state index contributed by atoms with van der Waals surface area (Å²) in [6.45, 7) is 1.79. The number of aromatic nitrogens is 3. The molecule has 0 bridgehead atoms. The molecule has 0 N–H and O–H groups in total. The summed E-state index contributed by atoms with van der Waals surface area (Å²) in [7, 11) is -3.03. The Bertz CT molecular complexity index is 1090. The van der Waals surface area contributed by atoms with Crippen molar-refractivity contribution in [3.05, 3.63) is 40.3 Å². The van der Waals surface area contributed by atoms with Crippen molar-refractivity contribution in [1.82, 2.24) is 18.7 Å². The third-order valence-electron chi connectivity index (χ3n) is 4.87. The molecular formula is C17H20F4N4O4S. The molecule has 30 heavy (non-hydrogen) atoms. The number of sulfonamides is 1. The van der Waals surface area contributed by atoms with Crippen molar-refractivity contribution in [2.45, 2.75) is 36.9 Å². The fraction of sp³-hybridized carbons (Fsp3) is 0.529. The van der Waals surface area contributed by atoms with Gasteiger partial charge in [0.2, 0.25) is 15.8 Å². The monoisotopic (exact) mass is 452 g/mol. The van der Waals surface area contributed by atoms with Gasteiger partial charge in [0.1, 0.15) is 0 Å². The van der Waals surface area contributed by atoms with E-state index in [1.807, 2.05) is 0 Å². The van der Waals surface area contributed by atoms with E-state index in [-0.39, 0.29) is 43.2 Å². The van der Waals surface area contributed by atoms with Crippen LogP contribution in [0, 0.1) is 5.82 Å². The summed E-state index contributed by atoms with van der Waals surface area (Å²) in [5.74, 6) is -2.19. The Kier molecular flexibility index (Phi) is 5.96. The molecule has 0 unspecified atom stereocenters. The van der Waals surface area contributed by atoms with Crippen LogP contribution < -0.4 is 10.4 Å². The fourth-order valence-corrected chi connectivity index (χ4v) is 4.81. The molecule has 166 valence electrons. The zero-order chi connectivity index (χ0) is 22.3. The molecule has 13 heteroatoms. The predicted octanol–water partition coefficient (Wildman–Crippen LogP) is 2.16. The highest BCUT2D eigenvalue weighted by Crippen LogP contribution is 2.30. The summed E-state index contributed by atoms with van der Waals surface area (Å²) in [6, 6.07) is 2.65. The Morgan fingerprint density at radius 3 is 2.37 bits per heavy atom. The maximum Gasteiger partial charge on any atom is 0.451 e. The van der Waals surface area contributed by atoms with E-state index >= 15 is 0 Å². The molecule has 2 heterocycles. The van der Waals surface area contributed by atoms with Crippen LogP contribution in [-0.4, -0.2) is 46.8 Å². The van der Waals surface area contributed by atoms with E-state index in [0.29, 0.717) is 4.57 Å². The molecule has 0 aliphatic carbocycles. The van der Waals surface area contributed by atoms with Gasteiger partial charge >= 0.3 is 11.9 Å². The van der Waals surface area contributed by atoms with Gasteiger partial charge < -0.3 is 4.74 Å². The lowest BCUT2D eigenvalue weighted by atomic mass is 10.1. The number of hydrogen-bond donors (Lipinski definition) is 0. The van der Waals surface area contributed by atoms with Crippen molar-refractivity contribution in [2.24, 2.45) is 7.05 Å². The molecule has 1 saturated heterocycles. The Morgan fingerprint density at radius 2 is 1.87 bits per heavy atom. The summed E-state index contributed by atoms with van der Waals surface area (Å²) in [4.78, 5) is 11.9. The molecule has 1 fully saturated rings. The van der Waals surface area contributed by atoms with Crippen molar-refractivity contribution >= 4 is 10.0 Å². The van der Waals surface area contributed by atoms with Crippen molar-refractivity contribution in [1.29, 1.82) is 0 Å². The predicted molar refractivity (Wildman–Crippen MR) is 97.1 cm³/mol. The van der Waals surface area contributed by atoms with Crippen molar-refractivity contribution in [2.75, 3.05) is 19.7 Å². The van der Waals surface area contributed by atoms with Crippen molar-refractivity contribution < 1.29 is 30.7 Å². The first-order chi connectivity index (χ1) is 14.0. The number of nitrogens with zero attached hydrogens (tertiary/aromatic N) is 4. The molecule has 1 aliphatic heterocycles. The van der Waals surface area contributed by atoms with Crippen LogP contribution in [-0.2, 0) is 23.2 Å². The van der Waals surface area contributed by atoms with E-state index in [4.69, 9.17) is 4.74 Å². The maximum atomic E-state index is 14.1. The Balaban J connectivity index is 1.77. The second-order valence-electron chi connectivity index (χ2n) is 6.77. The highest BCUT2D eigenvalue weighted by atomic mass is 32.2. The number of halogens is 4. The van der Waals surface area contributed by atoms with E-state index in [1.165, 1.54) is 12.1 Å². The van der Waals surface area contributed by atoms with Gasteiger partial charge in [-0.2, -0.15) is 17.5 Å². The van der Waals surface area contributed by atoms with Crippen molar-refractivity contribution in [3.63, 3.8) is 0 Å². The third kappa shape index (κ3) is 4.08. The summed E-state index contributed by atoms with van der Waals surface area (Å²) in [5.41, 5.74) is -0.919. The summed E-state index contributed by atoms with van der Waals surface area (Å²) >= 11 is 0. The average Bonchev–Trinajstić information content (AvgIpc) is 2.99. The number of benzene rings is 1. The van der Waals surface area contributed by atoms with Crippen LogP contribution in [0.25, 0.3) is 0 Å². The minimum Gasteiger partial charge on any atom is -0.491 e. The van der Waals surface area contributed by atoms with Crippen LogP contribution >= 0.6 is 0 Å². The first-order valence-corrected chi connectivity index (χ1v) is 10.6. The number of hydrogen-bond acceptors (Lipinski definition) is 5. The molecule has 0 radical (unpaired) electrons. The smallest absolute Gasteiger partial charge is 0.451 e.